The summed E-state index contributed by atoms with van der Waals surface area (Å²) in [4.78, 5) is 5.02. The number of rotatable bonds is 10. The number of benzene rings is 2. The Labute approximate surface area is 205 Å². The van der Waals surface area contributed by atoms with E-state index in [2.05, 4.69) is 26.1 Å². The number of hydrogen-bond donors (Lipinski definition) is 0. The first-order valence-corrected chi connectivity index (χ1v) is 13.9. The molecule has 1 saturated heterocycles. The zero-order valence-corrected chi connectivity index (χ0v) is 21.1. The van der Waals surface area contributed by atoms with Crippen LogP contribution in [0.4, 0.5) is 5.69 Å². The van der Waals surface area contributed by atoms with Gasteiger partial charge >= 0.3 is 0 Å². The summed E-state index contributed by atoms with van der Waals surface area (Å²) in [5, 5.41) is 7.70. The van der Waals surface area contributed by atoms with Gasteiger partial charge in [0.15, 0.2) is 9.84 Å². The second-order valence-corrected chi connectivity index (χ2v) is 11.2. The predicted octanol–water partition coefficient (Wildman–Crippen LogP) is 3.92. The molecule has 1 unspecified atom stereocenters. The van der Waals surface area contributed by atoms with Crippen molar-refractivity contribution in [2.45, 2.75) is 28.7 Å². The minimum atomic E-state index is -3.59. The van der Waals surface area contributed by atoms with Crippen molar-refractivity contribution in [3.05, 3.63) is 60.5 Å². The third kappa shape index (κ3) is 5.56. The summed E-state index contributed by atoms with van der Waals surface area (Å²) in [6.07, 6.45) is 0.361. The number of ether oxygens (including phenoxy) is 1. The zero-order chi connectivity index (χ0) is 24.0. The first-order chi connectivity index (χ1) is 16.5. The molecule has 0 radical (unpaired) electrons. The number of para-hydroxylation sites is 2. The van der Waals surface area contributed by atoms with Crippen LogP contribution in [0.3, 0.4) is 0 Å². The van der Waals surface area contributed by atoms with Crippen LogP contribution < -0.4 is 9.64 Å². The molecule has 182 valence electrons. The Kier molecular flexibility index (Phi) is 8.12. The van der Waals surface area contributed by atoms with Gasteiger partial charge in [-0.25, -0.2) is 8.42 Å². The van der Waals surface area contributed by atoms with Crippen LogP contribution in [0.5, 0.6) is 5.75 Å². The third-order valence-corrected chi connectivity index (χ3v) is 8.96. The van der Waals surface area contributed by atoms with Crippen LogP contribution in [0, 0.1) is 0 Å². The van der Waals surface area contributed by atoms with Crippen LogP contribution in [-0.4, -0.2) is 69.1 Å². The minimum absolute atomic E-state index is 0.152. The van der Waals surface area contributed by atoms with E-state index in [1.54, 1.807) is 37.4 Å². The van der Waals surface area contributed by atoms with Gasteiger partial charge in [-0.05, 0) is 30.7 Å². The molecule has 0 N–H and O–H groups in total. The highest BCUT2D eigenvalue weighted by Gasteiger charge is 2.32. The molecular formula is C24H30N4O4S2. The van der Waals surface area contributed by atoms with E-state index < -0.39 is 15.1 Å². The summed E-state index contributed by atoms with van der Waals surface area (Å²) in [6, 6.07) is 16.5. The molecule has 34 heavy (non-hydrogen) atoms. The van der Waals surface area contributed by atoms with Gasteiger partial charge in [0.05, 0.1) is 17.7 Å². The Hall–Kier alpha value is -2.56. The lowest BCUT2D eigenvalue weighted by atomic mass is 10.2. The number of aromatic nitrogens is 2. The standard InChI is InChI=1S/C24H30N4O4S2/c1-3-22(34(29,30)19-9-5-4-6-10-19)23-25-26-24(32-23)33-18-17-27-13-15-28(16-14-27)20-11-7-8-12-21(20)31-2/h4-12,22H,3,13-18H2,1-2H3. The Morgan fingerprint density at radius 2 is 1.74 bits per heavy atom. The zero-order valence-electron chi connectivity index (χ0n) is 19.5. The number of piperazine rings is 1. The van der Waals surface area contributed by atoms with Crippen LogP contribution in [0.1, 0.15) is 24.5 Å². The van der Waals surface area contributed by atoms with Gasteiger partial charge in [-0.3, -0.25) is 4.90 Å². The van der Waals surface area contributed by atoms with Gasteiger partial charge < -0.3 is 14.1 Å². The van der Waals surface area contributed by atoms with Crippen molar-refractivity contribution in [3.8, 4) is 5.75 Å². The fraction of sp³-hybridized carbons (Fsp3) is 0.417. The van der Waals surface area contributed by atoms with Crippen molar-refractivity contribution < 1.29 is 17.6 Å². The number of anilines is 1. The number of sulfone groups is 1. The van der Waals surface area contributed by atoms with E-state index in [0.29, 0.717) is 11.6 Å². The average Bonchev–Trinajstić information content (AvgIpc) is 3.33. The highest BCUT2D eigenvalue weighted by atomic mass is 32.2. The van der Waals surface area contributed by atoms with E-state index in [1.807, 2.05) is 25.1 Å². The van der Waals surface area contributed by atoms with Crippen molar-refractivity contribution in [3.63, 3.8) is 0 Å². The number of hydrogen-bond acceptors (Lipinski definition) is 9. The molecule has 0 spiro atoms. The summed E-state index contributed by atoms with van der Waals surface area (Å²) in [6.45, 7) is 6.49. The second kappa shape index (κ2) is 11.2. The lowest BCUT2D eigenvalue weighted by Crippen LogP contribution is -2.47. The predicted molar refractivity (Wildman–Crippen MR) is 133 cm³/mol. The molecule has 0 saturated carbocycles. The quantitative estimate of drug-likeness (QED) is 0.383. The molecule has 1 aliphatic heterocycles. The van der Waals surface area contributed by atoms with Gasteiger partial charge in [-0.2, -0.15) is 0 Å². The van der Waals surface area contributed by atoms with E-state index in [1.165, 1.54) is 11.8 Å². The molecule has 0 aliphatic carbocycles. The summed E-state index contributed by atoms with van der Waals surface area (Å²) in [5.74, 6) is 1.84. The number of thioether (sulfide) groups is 1. The van der Waals surface area contributed by atoms with Gasteiger partial charge in [0.2, 0.25) is 5.89 Å². The molecule has 1 fully saturated rings. The highest BCUT2D eigenvalue weighted by Crippen LogP contribution is 2.32. The fourth-order valence-corrected chi connectivity index (χ4v) is 6.51. The number of methoxy groups -OCH3 is 1. The summed E-state index contributed by atoms with van der Waals surface area (Å²) < 4.78 is 37.3. The van der Waals surface area contributed by atoms with E-state index >= 15 is 0 Å². The van der Waals surface area contributed by atoms with Crippen molar-refractivity contribution in [1.82, 2.24) is 15.1 Å². The monoisotopic (exact) mass is 502 g/mol. The second-order valence-electron chi connectivity index (χ2n) is 8.01. The third-order valence-electron chi connectivity index (χ3n) is 5.95. The van der Waals surface area contributed by atoms with Gasteiger partial charge in [0.25, 0.3) is 5.22 Å². The molecule has 1 aromatic heterocycles. The maximum absolute atomic E-state index is 13.0. The van der Waals surface area contributed by atoms with E-state index in [0.717, 1.165) is 49.9 Å². The van der Waals surface area contributed by atoms with E-state index in [4.69, 9.17) is 9.15 Å². The first kappa shape index (κ1) is 24.6. The molecule has 4 rings (SSSR count). The van der Waals surface area contributed by atoms with Gasteiger partial charge in [0.1, 0.15) is 11.0 Å². The molecule has 0 amide bonds. The lowest BCUT2D eigenvalue weighted by molar-refractivity contribution is 0.272. The number of nitrogens with zero attached hydrogens (tertiary/aromatic N) is 4. The van der Waals surface area contributed by atoms with Crippen molar-refractivity contribution in [1.29, 1.82) is 0 Å². The fourth-order valence-electron chi connectivity index (χ4n) is 4.08. The maximum atomic E-state index is 13.0. The van der Waals surface area contributed by atoms with Gasteiger partial charge in [-0.1, -0.05) is 49.0 Å². The SMILES string of the molecule is CCC(c1nnc(SCCN2CCN(c3ccccc3OC)CC2)o1)S(=O)(=O)c1ccccc1. The Morgan fingerprint density at radius 3 is 2.44 bits per heavy atom. The first-order valence-electron chi connectivity index (χ1n) is 11.4. The molecular weight excluding hydrogens is 472 g/mol. The van der Waals surface area contributed by atoms with Crippen LogP contribution in [0.25, 0.3) is 0 Å². The van der Waals surface area contributed by atoms with Gasteiger partial charge in [0, 0.05) is 38.5 Å². The highest BCUT2D eigenvalue weighted by molar-refractivity contribution is 7.99. The average molecular weight is 503 g/mol. The van der Waals surface area contributed by atoms with Gasteiger partial charge in [-0.15, -0.1) is 10.2 Å². The van der Waals surface area contributed by atoms with E-state index in [9.17, 15) is 8.42 Å². The van der Waals surface area contributed by atoms with Crippen molar-refractivity contribution in [2.75, 3.05) is 50.5 Å². The van der Waals surface area contributed by atoms with Crippen LogP contribution in [-0.2, 0) is 9.84 Å². The summed E-state index contributed by atoms with van der Waals surface area (Å²) in [5.41, 5.74) is 1.13. The van der Waals surface area contributed by atoms with Crippen LogP contribution in [0.2, 0.25) is 0 Å². The van der Waals surface area contributed by atoms with Crippen LogP contribution in [0.15, 0.2) is 69.1 Å². The Morgan fingerprint density at radius 1 is 1.03 bits per heavy atom. The molecule has 3 aromatic rings. The molecule has 2 heterocycles. The van der Waals surface area contributed by atoms with Crippen molar-refractivity contribution >= 4 is 27.3 Å². The smallest absolute Gasteiger partial charge is 0.276 e. The van der Waals surface area contributed by atoms with E-state index in [-0.39, 0.29) is 10.8 Å². The largest absolute Gasteiger partial charge is 0.495 e. The summed E-state index contributed by atoms with van der Waals surface area (Å²) >= 11 is 1.46. The molecule has 10 heteroatoms. The molecule has 8 nitrogen and oxygen atoms in total. The minimum Gasteiger partial charge on any atom is -0.495 e. The molecule has 0 bridgehead atoms. The van der Waals surface area contributed by atoms with Crippen LogP contribution >= 0.6 is 11.8 Å². The maximum Gasteiger partial charge on any atom is 0.276 e. The Bertz CT molecular complexity index is 1160. The normalized spacial score (nSPS) is 15.9. The Balaban J connectivity index is 1.28. The topological polar surface area (TPSA) is 88.8 Å². The van der Waals surface area contributed by atoms with Crippen molar-refractivity contribution in [2.24, 2.45) is 0 Å². The lowest BCUT2D eigenvalue weighted by Gasteiger charge is -2.36. The molecule has 1 aliphatic rings. The summed E-state index contributed by atoms with van der Waals surface area (Å²) in [7, 11) is -1.89. The molecule has 1 atom stereocenters. The molecule has 2 aromatic carbocycles.